The van der Waals surface area contributed by atoms with Crippen LogP contribution in [0.3, 0.4) is 0 Å². The summed E-state index contributed by atoms with van der Waals surface area (Å²) in [7, 11) is 0. The normalized spacial score (nSPS) is 10.8. The van der Waals surface area contributed by atoms with Gasteiger partial charge in [0.15, 0.2) is 0 Å². The monoisotopic (exact) mass is 456 g/mol. The number of anilines is 1. The van der Waals surface area contributed by atoms with Crippen molar-refractivity contribution in [3.05, 3.63) is 101 Å². The summed E-state index contributed by atoms with van der Waals surface area (Å²) in [6, 6.07) is 21.7. The van der Waals surface area contributed by atoms with E-state index in [2.05, 4.69) is 10.3 Å². The van der Waals surface area contributed by atoms with E-state index in [1.165, 1.54) is 23.5 Å². The van der Waals surface area contributed by atoms with Crippen LogP contribution in [0.2, 0.25) is 0 Å². The number of halogens is 1. The standard InChI is InChI=1S/C26H17FN2O3S/c27-19-11-9-16(10-12-19)20-7-4-8-21(23(20)30)25-28-22(18-13-14-33-15-18)26(32-25)29-24(31)17-5-2-1-3-6-17/h1-15,30H,(H,29,31). The molecule has 2 N–H and O–H groups in total. The minimum atomic E-state index is -0.360. The highest BCUT2D eigenvalue weighted by atomic mass is 32.1. The van der Waals surface area contributed by atoms with E-state index in [4.69, 9.17) is 4.42 Å². The molecule has 2 aromatic heterocycles. The number of phenolic OH excluding ortho intramolecular Hbond substituents is 1. The van der Waals surface area contributed by atoms with Gasteiger partial charge in [-0.15, -0.1) is 0 Å². The van der Waals surface area contributed by atoms with Gasteiger partial charge in [0, 0.05) is 22.1 Å². The molecule has 2 heterocycles. The molecule has 0 saturated heterocycles. The lowest BCUT2D eigenvalue weighted by Gasteiger charge is -2.08. The third kappa shape index (κ3) is 4.14. The van der Waals surface area contributed by atoms with Gasteiger partial charge in [0.05, 0.1) is 5.56 Å². The Balaban J connectivity index is 1.57. The minimum absolute atomic E-state index is 0.0526. The highest BCUT2D eigenvalue weighted by Gasteiger charge is 2.22. The Labute approximate surface area is 192 Å². The fourth-order valence-electron chi connectivity index (χ4n) is 3.46. The second-order valence-corrected chi connectivity index (χ2v) is 8.02. The van der Waals surface area contributed by atoms with Crippen molar-refractivity contribution in [1.29, 1.82) is 0 Å². The first kappa shape index (κ1) is 20.7. The van der Waals surface area contributed by atoms with Gasteiger partial charge in [0.1, 0.15) is 17.3 Å². The van der Waals surface area contributed by atoms with Gasteiger partial charge >= 0.3 is 0 Å². The lowest BCUT2D eigenvalue weighted by molar-refractivity contribution is 0.102. The summed E-state index contributed by atoms with van der Waals surface area (Å²) in [5.41, 5.74) is 3.24. The van der Waals surface area contributed by atoms with E-state index in [0.717, 1.165) is 5.56 Å². The van der Waals surface area contributed by atoms with Crippen LogP contribution in [0.15, 0.2) is 94.0 Å². The topological polar surface area (TPSA) is 75.4 Å². The van der Waals surface area contributed by atoms with Crippen LogP contribution in [-0.4, -0.2) is 16.0 Å². The SMILES string of the molecule is O=C(Nc1oc(-c2cccc(-c3ccc(F)cc3)c2O)nc1-c1ccsc1)c1ccccc1. The molecule has 0 aliphatic carbocycles. The number of aromatic hydroxyl groups is 1. The van der Waals surface area contributed by atoms with Gasteiger partial charge < -0.3 is 9.52 Å². The van der Waals surface area contributed by atoms with Crippen LogP contribution in [-0.2, 0) is 0 Å². The summed E-state index contributed by atoms with van der Waals surface area (Å²) in [5, 5.41) is 17.6. The number of rotatable bonds is 5. The maximum absolute atomic E-state index is 13.3. The summed E-state index contributed by atoms with van der Waals surface area (Å²) in [6.07, 6.45) is 0. The van der Waals surface area contributed by atoms with Crippen molar-refractivity contribution in [3.63, 3.8) is 0 Å². The average molecular weight is 456 g/mol. The molecule has 33 heavy (non-hydrogen) atoms. The number of benzene rings is 3. The molecule has 7 heteroatoms. The van der Waals surface area contributed by atoms with Crippen LogP contribution < -0.4 is 5.32 Å². The number of carbonyl (C=O) groups is 1. The average Bonchev–Trinajstić information content (AvgIpc) is 3.51. The highest BCUT2D eigenvalue weighted by Crippen LogP contribution is 2.41. The van der Waals surface area contributed by atoms with Crippen molar-refractivity contribution in [1.82, 2.24) is 4.98 Å². The second kappa shape index (κ2) is 8.72. The Morgan fingerprint density at radius 2 is 1.67 bits per heavy atom. The molecule has 5 nitrogen and oxygen atoms in total. The maximum Gasteiger partial charge on any atom is 0.258 e. The van der Waals surface area contributed by atoms with Crippen molar-refractivity contribution in [2.45, 2.75) is 0 Å². The van der Waals surface area contributed by atoms with E-state index >= 15 is 0 Å². The Kier molecular flexibility index (Phi) is 5.46. The summed E-state index contributed by atoms with van der Waals surface area (Å²) in [6.45, 7) is 0. The molecule has 5 rings (SSSR count). The van der Waals surface area contributed by atoms with E-state index in [9.17, 15) is 14.3 Å². The second-order valence-electron chi connectivity index (χ2n) is 7.24. The number of para-hydroxylation sites is 1. The molecule has 0 spiro atoms. The zero-order valence-electron chi connectivity index (χ0n) is 17.2. The molecule has 0 aliphatic rings. The van der Waals surface area contributed by atoms with Crippen molar-refractivity contribution >= 4 is 23.1 Å². The van der Waals surface area contributed by atoms with E-state index in [0.29, 0.717) is 27.9 Å². The van der Waals surface area contributed by atoms with Gasteiger partial charge in [-0.05, 0) is 47.3 Å². The van der Waals surface area contributed by atoms with Gasteiger partial charge in [-0.25, -0.2) is 9.37 Å². The number of thiophene rings is 1. The summed E-state index contributed by atoms with van der Waals surface area (Å²) in [5.74, 6) is -0.409. The summed E-state index contributed by atoms with van der Waals surface area (Å²) < 4.78 is 19.3. The van der Waals surface area contributed by atoms with Crippen LogP contribution in [0.25, 0.3) is 33.8 Å². The molecule has 1 amide bonds. The molecular formula is C26H17FN2O3S. The predicted molar refractivity (Wildman–Crippen MR) is 127 cm³/mol. The van der Waals surface area contributed by atoms with Gasteiger partial charge in [-0.2, -0.15) is 11.3 Å². The predicted octanol–water partition coefficient (Wildman–Crippen LogP) is 6.83. The molecule has 162 valence electrons. The van der Waals surface area contributed by atoms with Crippen molar-refractivity contribution in [2.75, 3.05) is 5.32 Å². The van der Waals surface area contributed by atoms with Gasteiger partial charge in [-0.1, -0.05) is 42.5 Å². The molecule has 0 fully saturated rings. The molecule has 0 unspecified atom stereocenters. The number of aromatic nitrogens is 1. The summed E-state index contributed by atoms with van der Waals surface area (Å²) >= 11 is 1.49. The largest absolute Gasteiger partial charge is 0.506 e. The van der Waals surface area contributed by atoms with Crippen LogP contribution in [0, 0.1) is 5.82 Å². The lowest BCUT2D eigenvalue weighted by Crippen LogP contribution is -2.11. The van der Waals surface area contributed by atoms with Gasteiger partial charge in [-0.3, -0.25) is 10.1 Å². The first-order chi connectivity index (χ1) is 16.1. The first-order valence-electron chi connectivity index (χ1n) is 10.1. The zero-order valence-corrected chi connectivity index (χ0v) is 18.0. The lowest BCUT2D eigenvalue weighted by atomic mass is 10.0. The van der Waals surface area contributed by atoms with Crippen LogP contribution in [0.5, 0.6) is 5.75 Å². The third-order valence-corrected chi connectivity index (χ3v) is 5.79. The van der Waals surface area contributed by atoms with Crippen molar-refractivity contribution in [3.8, 4) is 39.6 Å². The number of carbonyl (C=O) groups excluding carboxylic acids is 1. The Morgan fingerprint density at radius 3 is 2.39 bits per heavy atom. The first-order valence-corrected chi connectivity index (χ1v) is 11.0. The van der Waals surface area contributed by atoms with Crippen molar-refractivity contribution in [2.24, 2.45) is 0 Å². The summed E-state index contributed by atoms with van der Waals surface area (Å²) in [4.78, 5) is 17.3. The number of nitrogens with one attached hydrogen (secondary N) is 1. The Bertz CT molecular complexity index is 1410. The molecular weight excluding hydrogens is 439 g/mol. The van der Waals surface area contributed by atoms with Crippen LogP contribution >= 0.6 is 11.3 Å². The number of nitrogens with zero attached hydrogens (tertiary/aromatic N) is 1. The van der Waals surface area contributed by atoms with Gasteiger partial charge in [0.2, 0.25) is 11.8 Å². The molecule has 0 radical (unpaired) electrons. The molecule has 0 atom stereocenters. The van der Waals surface area contributed by atoms with Crippen LogP contribution in [0.1, 0.15) is 10.4 Å². The van der Waals surface area contributed by atoms with E-state index < -0.39 is 0 Å². The number of hydrogen-bond donors (Lipinski definition) is 2. The minimum Gasteiger partial charge on any atom is -0.506 e. The molecule has 3 aromatic carbocycles. The smallest absolute Gasteiger partial charge is 0.258 e. The fourth-order valence-corrected chi connectivity index (χ4v) is 4.10. The molecule has 5 aromatic rings. The number of oxazole rings is 1. The maximum atomic E-state index is 13.3. The Hall–Kier alpha value is -4.23. The highest BCUT2D eigenvalue weighted by molar-refractivity contribution is 7.08. The number of hydrogen-bond acceptors (Lipinski definition) is 5. The fraction of sp³-hybridized carbons (Fsp3) is 0. The van der Waals surface area contributed by atoms with E-state index in [1.807, 2.05) is 22.9 Å². The number of phenols is 1. The Morgan fingerprint density at radius 1 is 0.909 bits per heavy atom. The molecule has 0 saturated carbocycles. The number of amides is 1. The van der Waals surface area contributed by atoms with Crippen LogP contribution in [0.4, 0.5) is 10.3 Å². The molecule has 0 aliphatic heterocycles. The van der Waals surface area contributed by atoms with E-state index in [1.54, 1.807) is 54.6 Å². The van der Waals surface area contributed by atoms with Gasteiger partial charge in [0.25, 0.3) is 5.91 Å². The van der Waals surface area contributed by atoms with Crippen molar-refractivity contribution < 1.29 is 18.7 Å². The quantitative estimate of drug-likeness (QED) is 0.304. The molecule has 0 bridgehead atoms. The third-order valence-electron chi connectivity index (χ3n) is 5.11. The van der Waals surface area contributed by atoms with E-state index in [-0.39, 0.29) is 29.2 Å². The zero-order chi connectivity index (χ0) is 22.8.